The first-order valence-corrected chi connectivity index (χ1v) is 9.86. The van der Waals surface area contributed by atoms with Crippen LogP contribution in [0.2, 0.25) is 0 Å². The zero-order chi connectivity index (χ0) is 17.8. The van der Waals surface area contributed by atoms with Crippen LogP contribution in [0.3, 0.4) is 0 Å². The number of carboxylic acids is 1. The summed E-state index contributed by atoms with van der Waals surface area (Å²) in [6, 6.07) is 1.74. The molecule has 2 heterocycles. The largest absolute Gasteiger partial charge is 0.481 e. The number of nitrogens with zero attached hydrogens (tertiary/aromatic N) is 1. The van der Waals surface area contributed by atoms with Crippen molar-refractivity contribution in [3.05, 3.63) is 17.0 Å². The fourth-order valence-electron chi connectivity index (χ4n) is 3.79. The zero-order valence-electron chi connectivity index (χ0n) is 14.2. The molecule has 1 saturated heterocycles. The Balaban J connectivity index is 1.70. The molecule has 0 aromatic carbocycles. The summed E-state index contributed by atoms with van der Waals surface area (Å²) in [6.07, 6.45) is 6.01. The van der Waals surface area contributed by atoms with Crippen molar-refractivity contribution in [1.82, 2.24) is 4.90 Å². The van der Waals surface area contributed by atoms with Crippen molar-refractivity contribution in [3.8, 4) is 0 Å². The van der Waals surface area contributed by atoms with Crippen LogP contribution in [0.4, 0.5) is 5.00 Å². The second-order valence-corrected chi connectivity index (χ2v) is 7.76. The molecule has 3 rings (SSSR count). The number of carbonyl (C=O) groups is 3. The first kappa shape index (κ1) is 17.9. The predicted octanol–water partition coefficient (Wildman–Crippen LogP) is 3.20. The van der Waals surface area contributed by atoms with E-state index in [0.29, 0.717) is 23.4 Å². The van der Waals surface area contributed by atoms with Crippen molar-refractivity contribution in [2.24, 2.45) is 11.8 Å². The number of carbonyl (C=O) groups excluding carboxylic acids is 2. The normalized spacial score (nSPS) is 23.9. The number of hydrogen-bond donors (Lipinski definition) is 2. The molecule has 1 aliphatic carbocycles. The minimum atomic E-state index is -0.907. The standard InChI is InChI=1S/C18H24N2O4S/c21-15(12-6-2-3-7-13(12)18(23)24)19-16-14(8-11-25-16)17(22)20-9-4-1-5-10-20/h8,11-13H,1-7,9-10H2,(H,19,21)(H,23,24)/t12-,13+/m0/s1. The molecule has 7 heteroatoms. The van der Waals surface area contributed by atoms with Gasteiger partial charge in [-0.2, -0.15) is 0 Å². The average molecular weight is 364 g/mol. The maximum atomic E-state index is 12.7. The molecule has 2 amide bonds. The molecule has 136 valence electrons. The summed E-state index contributed by atoms with van der Waals surface area (Å²) in [5.74, 6) is -2.38. The van der Waals surface area contributed by atoms with E-state index >= 15 is 0 Å². The van der Waals surface area contributed by atoms with Gasteiger partial charge in [0.05, 0.1) is 17.4 Å². The summed E-state index contributed by atoms with van der Waals surface area (Å²) >= 11 is 1.32. The van der Waals surface area contributed by atoms with Crippen molar-refractivity contribution >= 4 is 34.1 Å². The molecule has 0 bridgehead atoms. The Kier molecular flexibility index (Phi) is 5.73. The lowest BCUT2D eigenvalue weighted by Crippen LogP contribution is -2.37. The van der Waals surface area contributed by atoms with Crippen LogP contribution in [0.25, 0.3) is 0 Å². The summed E-state index contributed by atoms with van der Waals surface area (Å²) in [7, 11) is 0. The lowest BCUT2D eigenvalue weighted by atomic mass is 9.79. The molecular formula is C18H24N2O4S. The fourth-order valence-corrected chi connectivity index (χ4v) is 4.57. The van der Waals surface area contributed by atoms with E-state index in [9.17, 15) is 19.5 Å². The fraction of sp³-hybridized carbons (Fsp3) is 0.611. The lowest BCUT2D eigenvalue weighted by molar-refractivity contribution is -0.147. The van der Waals surface area contributed by atoms with Crippen molar-refractivity contribution < 1.29 is 19.5 Å². The number of anilines is 1. The molecule has 2 aliphatic rings. The maximum Gasteiger partial charge on any atom is 0.307 e. The Morgan fingerprint density at radius 3 is 2.40 bits per heavy atom. The monoisotopic (exact) mass is 364 g/mol. The average Bonchev–Trinajstić information content (AvgIpc) is 3.09. The van der Waals surface area contributed by atoms with Gasteiger partial charge in [-0.25, -0.2) is 0 Å². The maximum absolute atomic E-state index is 12.7. The van der Waals surface area contributed by atoms with Gasteiger partial charge in [-0.05, 0) is 43.6 Å². The van der Waals surface area contributed by atoms with Crippen LogP contribution in [0.1, 0.15) is 55.3 Å². The van der Waals surface area contributed by atoms with Gasteiger partial charge in [0, 0.05) is 13.1 Å². The third-order valence-corrected chi connectivity index (χ3v) is 6.03. The number of piperidine rings is 1. The van der Waals surface area contributed by atoms with E-state index in [-0.39, 0.29) is 11.8 Å². The van der Waals surface area contributed by atoms with Crippen molar-refractivity contribution in [2.45, 2.75) is 44.9 Å². The van der Waals surface area contributed by atoms with Gasteiger partial charge in [-0.15, -0.1) is 11.3 Å². The Hall–Kier alpha value is -1.89. The third-order valence-electron chi connectivity index (χ3n) is 5.20. The highest BCUT2D eigenvalue weighted by Gasteiger charge is 2.36. The number of hydrogen-bond acceptors (Lipinski definition) is 4. The van der Waals surface area contributed by atoms with E-state index in [1.54, 1.807) is 11.4 Å². The van der Waals surface area contributed by atoms with Crippen LogP contribution >= 0.6 is 11.3 Å². The summed E-state index contributed by atoms with van der Waals surface area (Å²) in [5, 5.41) is 14.5. The van der Waals surface area contributed by atoms with Crippen LogP contribution < -0.4 is 5.32 Å². The van der Waals surface area contributed by atoms with Crippen LogP contribution in [0, 0.1) is 11.8 Å². The van der Waals surface area contributed by atoms with Crippen LogP contribution in [-0.4, -0.2) is 40.9 Å². The van der Waals surface area contributed by atoms with Crippen LogP contribution in [0.15, 0.2) is 11.4 Å². The third kappa shape index (κ3) is 4.03. The molecular weight excluding hydrogens is 340 g/mol. The lowest BCUT2D eigenvalue weighted by Gasteiger charge is -2.28. The van der Waals surface area contributed by atoms with Gasteiger partial charge >= 0.3 is 5.97 Å². The molecule has 1 saturated carbocycles. The van der Waals surface area contributed by atoms with Gasteiger partial charge in [0.1, 0.15) is 5.00 Å². The minimum absolute atomic E-state index is 0.0466. The smallest absolute Gasteiger partial charge is 0.307 e. The number of aliphatic carboxylic acids is 1. The van der Waals surface area contributed by atoms with E-state index in [2.05, 4.69) is 5.32 Å². The summed E-state index contributed by atoms with van der Waals surface area (Å²) in [5.41, 5.74) is 0.517. The van der Waals surface area contributed by atoms with Gasteiger partial charge < -0.3 is 15.3 Å². The molecule has 25 heavy (non-hydrogen) atoms. The molecule has 1 aromatic heterocycles. The highest BCUT2D eigenvalue weighted by atomic mass is 32.1. The topological polar surface area (TPSA) is 86.7 Å². The summed E-state index contributed by atoms with van der Waals surface area (Å²) in [4.78, 5) is 38.6. The Morgan fingerprint density at radius 1 is 1.04 bits per heavy atom. The van der Waals surface area contributed by atoms with Gasteiger partial charge in [0.2, 0.25) is 5.91 Å². The molecule has 6 nitrogen and oxygen atoms in total. The molecule has 0 radical (unpaired) electrons. The van der Waals surface area contributed by atoms with Gasteiger partial charge in [0.25, 0.3) is 5.91 Å². The summed E-state index contributed by atoms with van der Waals surface area (Å²) in [6.45, 7) is 1.51. The van der Waals surface area contributed by atoms with E-state index in [1.807, 2.05) is 4.90 Å². The summed E-state index contributed by atoms with van der Waals surface area (Å²) < 4.78 is 0. The molecule has 0 spiro atoms. The first-order valence-electron chi connectivity index (χ1n) is 8.98. The molecule has 2 atom stereocenters. The molecule has 2 N–H and O–H groups in total. The first-order chi connectivity index (χ1) is 12.1. The molecule has 1 aliphatic heterocycles. The number of rotatable bonds is 4. The predicted molar refractivity (Wildman–Crippen MR) is 95.8 cm³/mol. The highest BCUT2D eigenvalue weighted by molar-refractivity contribution is 7.14. The molecule has 1 aromatic rings. The van der Waals surface area contributed by atoms with Crippen molar-refractivity contribution in [3.63, 3.8) is 0 Å². The number of carboxylic acid groups (broad SMARTS) is 1. The number of amides is 2. The van der Waals surface area contributed by atoms with E-state index in [4.69, 9.17) is 0 Å². The van der Waals surface area contributed by atoms with Gasteiger partial charge in [-0.3, -0.25) is 14.4 Å². The second kappa shape index (κ2) is 7.99. The Morgan fingerprint density at radius 2 is 1.72 bits per heavy atom. The number of nitrogens with one attached hydrogen (secondary N) is 1. The Bertz CT molecular complexity index is 651. The van der Waals surface area contributed by atoms with E-state index < -0.39 is 17.8 Å². The van der Waals surface area contributed by atoms with Crippen molar-refractivity contribution in [1.29, 1.82) is 0 Å². The van der Waals surface area contributed by atoms with Crippen molar-refractivity contribution in [2.75, 3.05) is 18.4 Å². The second-order valence-electron chi connectivity index (χ2n) is 6.84. The van der Waals surface area contributed by atoms with Crippen LogP contribution in [0.5, 0.6) is 0 Å². The van der Waals surface area contributed by atoms with Crippen LogP contribution in [-0.2, 0) is 9.59 Å². The van der Waals surface area contributed by atoms with E-state index in [1.165, 1.54) is 11.3 Å². The molecule has 2 fully saturated rings. The zero-order valence-corrected chi connectivity index (χ0v) is 15.0. The number of thiophene rings is 1. The molecule has 0 unspecified atom stereocenters. The number of likely N-dealkylation sites (tertiary alicyclic amines) is 1. The van der Waals surface area contributed by atoms with Gasteiger partial charge in [0.15, 0.2) is 0 Å². The van der Waals surface area contributed by atoms with Gasteiger partial charge in [-0.1, -0.05) is 12.8 Å². The highest BCUT2D eigenvalue weighted by Crippen LogP contribution is 2.33. The van der Waals surface area contributed by atoms with E-state index in [0.717, 1.165) is 45.2 Å². The SMILES string of the molecule is O=C(Nc1sccc1C(=O)N1CCCCC1)[C@H]1CCCC[C@H]1C(=O)O. The Labute approximate surface area is 151 Å². The quantitative estimate of drug-likeness (QED) is 0.859. The minimum Gasteiger partial charge on any atom is -0.481 e.